The van der Waals surface area contributed by atoms with Crippen LogP contribution >= 0.6 is 0 Å². The van der Waals surface area contributed by atoms with Gasteiger partial charge in [0.05, 0.1) is 6.04 Å². The average molecular weight is 324 g/mol. The fourth-order valence-corrected chi connectivity index (χ4v) is 2.71. The Labute approximate surface area is 140 Å². The molecule has 0 spiro atoms. The summed E-state index contributed by atoms with van der Waals surface area (Å²) in [7, 11) is 0. The SMILES string of the molecule is Cc1cccnc1NC(=O)N[C@H](C)c1ccc2c(c1)CCC(=O)N2. The van der Waals surface area contributed by atoms with Crippen LogP contribution in [0.3, 0.4) is 0 Å². The number of nitrogens with one attached hydrogen (secondary N) is 3. The highest BCUT2D eigenvalue weighted by Gasteiger charge is 2.17. The zero-order valence-corrected chi connectivity index (χ0v) is 13.7. The number of pyridine rings is 1. The summed E-state index contributed by atoms with van der Waals surface area (Å²) in [5.74, 6) is 0.599. The second kappa shape index (κ2) is 6.70. The number of urea groups is 1. The maximum absolute atomic E-state index is 12.2. The lowest BCUT2D eigenvalue weighted by atomic mass is 9.98. The van der Waals surface area contributed by atoms with E-state index in [1.807, 2.05) is 44.2 Å². The molecule has 24 heavy (non-hydrogen) atoms. The van der Waals surface area contributed by atoms with Crippen LogP contribution in [-0.4, -0.2) is 16.9 Å². The van der Waals surface area contributed by atoms with Crippen molar-refractivity contribution in [3.8, 4) is 0 Å². The topological polar surface area (TPSA) is 83.1 Å². The molecule has 0 saturated carbocycles. The van der Waals surface area contributed by atoms with E-state index in [0.29, 0.717) is 12.2 Å². The molecule has 1 aromatic heterocycles. The molecule has 0 fully saturated rings. The van der Waals surface area contributed by atoms with Crippen molar-refractivity contribution >= 4 is 23.4 Å². The first-order valence-corrected chi connectivity index (χ1v) is 7.95. The predicted octanol–water partition coefficient (Wildman–Crippen LogP) is 3.16. The largest absolute Gasteiger partial charge is 0.331 e. The third kappa shape index (κ3) is 3.53. The summed E-state index contributed by atoms with van der Waals surface area (Å²) in [5.41, 5.74) is 3.86. The summed E-state index contributed by atoms with van der Waals surface area (Å²) in [6.45, 7) is 3.82. The number of benzene rings is 1. The number of anilines is 2. The van der Waals surface area contributed by atoms with E-state index < -0.39 is 0 Å². The van der Waals surface area contributed by atoms with Gasteiger partial charge in [0.2, 0.25) is 5.91 Å². The Morgan fingerprint density at radius 2 is 2.12 bits per heavy atom. The Morgan fingerprint density at radius 1 is 1.29 bits per heavy atom. The molecule has 3 rings (SSSR count). The molecule has 0 aliphatic carbocycles. The van der Waals surface area contributed by atoms with E-state index in [-0.39, 0.29) is 18.0 Å². The molecule has 3 N–H and O–H groups in total. The molecular formula is C18H20N4O2. The fourth-order valence-electron chi connectivity index (χ4n) is 2.71. The van der Waals surface area contributed by atoms with Crippen LogP contribution in [0.1, 0.15) is 36.1 Å². The van der Waals surface area contributed by atoms with Gasteiger partial charge in [0.25, 0.3) is 0 Å². The zero-order valence-electron chi connectivity index (χ0n) is 13.7. The smallest absolute Gasteiger partial charge is 0.320 e. The summed E-state index contributed by atoms with van der Waals surface area (Å²) in [5, 5.41) is 8.53. The van der Waals surface area contributed by atoms with Crippen molar-refractivity contribution in [2.75, 3.05) is 10.6 Å². The van der Waals surface area contributed by atoms with Crippen molar-refractivity contribution in [2.45, 2.75) is 32.7 Å². The van der Waals surface area contributed by atoms with Crippen LogP contribution in [0.15, 0.2) is 36.5 Å². The summed E-state index contributed by atoms with van der Waals surface area (Å²) in [6, 6.07) is 9.11. The van der Waals surface area contributed by atoms with Gasteiger partial charge in [0.15, 0.2) is 0 Å². The average Bonchev–Trinajstić information content (AvgIpc) is 2.56. The third-order valence-corrected chi connectivity index (χ3v) is 4.11. The highest BCUT2D eigenvalue weighted by atomic mass is 16.2. The van der Waals surface area contributed by atoms with Crippen LogP contribution in [-0.2, 0) is 11.2 Å². The molecule has 6 nitrogen and oxygen atoms in total. The van der Waals surface area contributed by atoms with Crippen molar-refractivity contribution in [3.63, 3.8) is 0 Å². The van der Waals surface area contributed by atoms with Crippen LogP contribution in [0.5, 0.6) is 0 Å². The van der Waals surface area contributed by atoms with Crippen molar-refractivity contribution in [1.82, 2.24) is 10.3 Å². The van der Waals surface area contributed by atoms with E-state index >= 15 is 0 Å². The lowest BCUT2D eigenvalue weighted by Crippen LogP contribution is -2.31. The Morgan fingerprint density at radius 3 is 2.92 bits per heavy atom. The Bertz CT molecular complexity index is 788. The van der Waals surface area contributed by atoms with Gasteiger partial charge in [-0.1, -0.05) is 18.2 Å². The molecule has 1 aromatic carbocycles. The molecule has 0 bridgehead atoms. The number of hydrogen-bond donors (Lipinski definition) is 3. The number of rotatable bonds is 3. The van der Waals surface area contributed by atoms with Gasteiger partial charge < -0.3 is 10.6 Å². The van der Waals surface area contributed by atoms with E-state index in [4.69, 9.17) is 0 Å². The van der Waals surface area contributed by atoms with Crippen LogP contribution in [0, 0.1) is 6.92 Å². The van der Waals surface area contributed by atoms with Crippen LogP contribution in [0.25, 0.3) is 0 Å². The Hall–Kier alpha value is -2.89. The molecular weight excluding hydrogens is 304 g/mol. The first kappa shape index (κ1) is 16.0. The minimum Gasteiger partial charge on any atom is -0.331 e. The zero-order chi connectivity index (χ0) is 17.1. The number of aromatic nitrogens is 1. The molecule has 1 aliphatic heterocycles. The molecule has 6 heteroatoms. The summed E-state index contributed by atoms with van der Waals surface area (Å²) in [4.78, 5) is 27.7. The molecule has 0 radical (unpaired) electrons. The van der Waals surface area contributed by atoms with Gasteiger partial charge >= 0.3 is 6.03 Å². The molecule has 0 unspecified atom stereocenters. The monoisotopic (exact) mass is 324 g/mol. The number of carbonyl (C=O) groups excluding carboxylic acids is 2. The van der Waals surface area contributed by atoms with Crippen LogP contribution in [0.2, 0.25) is 0 Å². The van der Waals surface area contributed by atoms with Crippen LogP contribution < -0.4 is 16.0 Å². The normalized spacial score (nSPS) is 14.3. The van der Waals surface area contributed by atoms with Crippen molar-refractivity contribution in [3.05, 3.63) is 53.2 Å². The summed E-state index contributed by atoms with van der Waals surface area (Å²) >= 11 is 0. The second-order valence-electron chi connectivity index (χ2n) is 5.95. The molecule has 1 atom stereocenters. The summed E-state index contributed by atoms with van der Waals surface area (Å²) in [6.07, 6.45) is 2.86. The van der Waals surface area contributed by atoms with Gasteiger partial charge in [0, 0.05) is 18.3 Å². The molecule has 124 valence electrons. The Balaban J connectivity index is 1.66. The maximum Gasteiger partial charge on any atom is 0.320 e. The summed E-state index contributed by atoms with van der Waals surface area (Å²) < 4.78 is 0. The lowest BCUT2D eigenvalue weighted by molar-refractivity contribution is -0.116. The Kier molecular flexibility index (Phi) is 4.46. The second-order valence-corrected chi connectivity index (χ2v) is 5.95. The predicted molar refractivity (Wildman–Crippen MR) is 92.9 cm³/mol. The standard InChI is InChI=1S/C18H20N4O2/c1-11-4-3-9-19-17(11)22-18(24)20-12(2)13-5-7-15-14(10-13)6-8-16(23)21-15/h3-5,7,9-10,12H,6,8H2,1-2H3,(H,21,23)(H2,19,20,22,24)/t12-/m1/s1. The number of nitrogens with zero attached hydrogens (tertiary/aromatic N) is 1. The fraction of sp³-hybridized carbons (Fsp3) is 0.278. The number of carbonyl (C=O) groups is 2. The number of aryl methyl sites for hydroxylation is 2. The van der Waals surface area contributed by atoms with E-state index in [9.17, 15) is 9.59 Å². The molecule has 2 aromatic rings. The third-order valence-electron chi connectivity index (χ3n) is 4.11. The van der Waals surface area contributed by atoms with E-state index in [0.717, 1.165) is 28.8 Å². The molecule has 1 aliphatic rings. The van der Waals surface area contributed by atoms with Gasteiger partial charge in [-0.2, -0.15) is 0 Å². The van der Waals surface area contributed by atoms with Crippen molar-refractivity contribution in [2.24, 2.45) is 0 Å². The van der Waals surface area contributed by atoms with Gasteiger partial charge in [0.1, 0.15) is 5.82 Å². The highest BCUT2D eigenvalue weighted by molar-refractivity contribution is 5.94. The quantitative estimate of drug-likeness (QED) is 0.811. The first-order valence-electron chi connectivity index (χ1n) is 7.95. The lowest BCUT2D eigenvalue weighted by Gasteiger charge is -2.20. The maximum atomic E-state index is 12.2. The van der Waals surface area contributed by atoms with Gasteiger partial charge in [-0.15, -0.1) is 0 Å². The van der Waals surface area contributed by atoms with Crippen molar-refractivity contribution in [1.29, 1.82) is 0 Å². The van der Waals surface area contributed by atoms with Gasteiger partial charge in [-0.3, -0.25) is 10.1 Å². The highest BCUT2D eigenvalue weighted by Crippen LogP contribution is 2.26. The van der Waals surface area contributed by atoms with E-state index in [2.05, 4.69) is 20.9 Å². The minimum absolute atomic E-state index is 0.0477. The van der Waals surface area contributed by atoms with Gasteiger partial charge in [-0.25, -0.2) is 9.78 Å². The molecule has 3 amide bonds. The van der Waals surface area contributed by atoms with E-state index in [1.54, 1.807) is 6.20 Å². The number of amides is 3. The van der Waals surface area contributed by atoms with Gasteiger partial charge in [-0.05, 0) is 49.1 Å². The minimum atomic E-state index is -0.296. The number of hydrogen-bond acceptors (Lipinski definition) is 3. The number of fused-ring (bicyclic) bond motifs is 1. The van der Waals surface area contributed by atoms with Crippen LogP contribution in [0.4, 0.5) is 16.3 Å². The van der Waals surface area contributed by atoms with E-state index in [1.165, 1.54) is 0 Å². The van der Waals surface area contributed by atoms with Crippen molar-refractivity contribution < 1.29 is 9.59 Å². The molecule has 0 saturated heterocycles. The first-order chi connectivity index (χ1) is 11.5. The molecule has 2 heterocycles.